The Hall–Kier alpha value is -0.570. The average molecular weight is 185 g/mol. The Labute approximate surface area is 79.5 Å². The fourth-order valence-electron chi connectivity index (χ4n) is 1.88. The molecule has 0 radical (unpaired) electrons. The summed E-state index contributed by atoms with van der Waals surface area (Å²) in [6.45, 7) is 2.18. The number of carboxylic acids is 1. The van der Waals surface area contributed by atoms with Crippen LogP contribution in [0.2, 0.25) is 0 Å². The minimum atomic E-state index is -0.696. The SMILES string of the molecule is CCCCCC1CCC(C(=O)O)N1. The summed E-state index contributed by atoms with van der Waals surface area (Å²) in [5.74, 6) is -0.696. The Kier molecular flexibility index (Phi) is 4.22. The van der Waals surface area contributed by atoms with E-state index in [4.69, 9.17) is 5.11 Å². The van der Waals surface area contributed by atoms with Gasteiger partial charge in [0, 0.05) is 6.04 Å². The highest BCUT2D eigenvalue weighted by molar-refractivity contribution is 5.73. The third kappa shape index (κ3) is 3.35. The fourth-order valence-corrected chi connectivity index (χ4v) is 1.88. The Bertz CT molecular complexity index is 170. The van der Waals surface area contributed by atoms with Crippen molar-refractivity contribution < 1.29 is 9.90 Å². The number of aliphatic carboxylic acids is 1. The zero-order valence-electron chi connectivity index (χ0n) is 8.25. The lowest BCUT2D eigenvalue weighted by Gasteiger charge is -2.10. The molecule has 0 aliphatic carbocycles. The van der Waals surface area contributed by atoms with Crippen molar-refractivity contribution in [3.8, 4) is 0 Å². The number of carbonyl (C=O) groups is 1. The summed E-state index contributed by atoms with van der Waals surface area (Å²) in [5, 5.41) is 11.9. The van der Waals surface area contributed by atoms with Crippen molar-refractivity contribution in [3.05, 3.63) is 0 Å². The third-order valence-electron chi connectivity index (χ3n) is 2.69. The van der Waals surface area contributed by atoms with Gasteiger partial charge in [0.15, 0.2) is 0 Å². The van der Waals surface area contributed by atoms with Gasteiger partial charge in [-0.2, -0.15) is 0 Å². The largest absolute Gasteiger partial charge is 0.480 e. The number of rotatable bonds is 5. The van der Waals surface area contributed by atoms with Crippen molar-refractivity contribution in [1.29, 1.82) is 0 Å². The number of unbranched alkanes of at least 4 members (excludes halogenated alkanes) is 2. The molecule has 2 N–H and O–H groups in total. The highest BCUT2D eigenvalue weighted by atomic mass is 16.4. The number of hydrogen-bond acceptors (Lipinski definition) is 2. The lowest BCUT2D eigenvalue weighted by molar-refractivity contribution is -0.139. The van der Waals surface area contributed by atoms with Crippen molar-refractivity contribution in [2.24, 2.45) is 0 Å². The van der Waals surface area contributed by atoms with E-state index in [0.29, 0.717) is 6.04 Å². The van der Waals surface area contributed by atoms with E-state index in [1.165, 1.54) is 19.3 Å². The molecule has 1 aliphatic heterocycles. The van der Waals surface area contributed by atoms with Crippen LogP contribution >= 0.6 is 0 Å². The second-order valence-corrected chi connectivity index (χ2v) is 3.83. The molecule has 1 rings (SSSR count). The van der Waals surface area contributed by atoms with Crippen LogP contribution in [0.5, 0.6) is 0 Å². The zero-order chi connectivity index (χ0) is 9.68. The number of nitrogens with one attached hydrogen (secondary N) is 1. The fraction of sp³-hybridized carbons (Fsp3) is 0.900. The van der Waals surface area contributed by atoms with Gasteiger partial charge in [-0.15, -0.1) is 0 Å². The molecule has 1 heterocycles. The van der Waals surface area contributed by atoms with Gasteiger partial charge in [-0.25, -0.2) is 0 Å². The third-order valence-corrected chi connectivity index (χ3v) is 2.69. The maximum Gasteiger partial charge on any atom is 0.320 e. The van der Waals surface area contributed by atoms with E-state index in [2.05, 4.69) is 12.2 Å². The molecule has 0 amide bonds. The van der Waals surface area contributed by atoms with Crippen LogP contribution in [0.15, 0.2) is 0 Å². The van der Waals surface area contributed by atoms with Crippen molar-refractivity contribution >= 4 is 5.97 Å². The van der Waals surface area contributed by atoms with Crippen LogP contribution in [0.25, 0.3) is 0 Å². The van der Waals surface area contributed by atoms with Gasteiger partial charge >= 0.3 is 5.97 Å². The van der Waals surface area contributed by atoms with E-state index in [1.807, 2.05) is 0 Å². The molecule has 0 aromatic heterocycles. The van der Waals surface area contributed by atoms with E-state index in [0.717, 1.165) is 19.3 Å². The quantitative estimate of drug-likeness (QED) is 0.642. The maximum absolute atomic E-state index is 10.6. The topological polar surface area (TPSA) is 49.3 Å². The van der Waals surface area contributed by atoms with E-state index in [9.17, 15) is 4.79 Å². The van der Waals surface area contributed by atoms with Gasteiger partial charge in [-0.1, -0.05) is 26.2 Å². The van der Waals surface area contributed by atoms with E-state index in [-0.39, 0.29) is 6.04 Å². The van der Waals surface area contributed by atoms with Crippen LogP contribution < -0.4 is 5.32 Å². The lowest BCUT2D eigenvalue weighted by atomic mass is 10.1. The first kappa shape index (κ1) is 10.5. The summed E-state index contributed by atoms with van der Waals surface area (Å²) in [6.07, 6.45) is 6.68. The molecule has 2 unspecified atom stereocenters. The van der Waals surface area contributed by atoms with Crippen molar-refractivity contribution in [1.82, 2.24) is 5.32 Å². The van der Waals surface area contributed by atoms with Crippen LogP contribution in [0.1, 0.15) is 45.4 Å². The highest BCUT2D eigenvalue weighted by Gasteiger charge is 2.27. The monoisotopic (exact) mass is 185 g/mol. The van der Waals surface area contributed by atoms with Gasteiger partial charge in [0.1, 0.15) is 6.04 Å². The molecule has 0 bridgehead atoms. The molecule has 13 heavy (non-hydrogen) atoms. The number of carboxylic acid groups (broad SMARTS) is 1. The maximum atomic E-state index is 10.6. The molecule has 3 nitrogen and oxygen atoms in total. The van der Waals surface area contributed by atoms with E-state index < -0.39 is 5.97 Å². The Balaban J connectivity index is 2.14. The molecule has 0 aromatic carbocycles. The van der Waals surface area contributed by atoms with Gasteiger partial charge in [0.05, 0.1) is 0 Å². The molecule has 0 aromatic rings. The Morgan fingerprint density at radius 1 is 1.46 bits per heavy atom. The molecule has 0 spiro atoms. The summed E-state index contributed by atoms with van der Waals surface area (Å²) in [5.41, 5.74) is 0. The van der Waals surface area contributed by atoms with Crippen molar-refractivity contribution in [2.45, 2.75) is 57.5 Å². The highest BCUT2D eigenvalue weighted by Crippen LogP contribution is 2.17. The zero-order valence-corrected chi connectivity index (χ0v) is 8.25. The molecule has 0 saturated carbocycles. The molecule has 1 fully saturated rings. The lowest BCUT2D eigenvalue weighted by Crippen LogP contribution is -2.35. The summed E-state index contributed by atoms with van der Waals surface area (Å²) in [4.78, 5) is 10.6. The molecule has 76 valence electrons. The van der Waals surface area contributed by atoms with Gasteiger partial charge < -0.3 is 10.4 Å². The van der Waals surface area contributed by atoms with E-state index >= 15 is 0 Å². The first-order chi connectivity index (χ1) is 6.24. The molecular weight excluding hydrogens is 166 g/mol. The van der Waals surface area contributed by atoms with Crippen LogP contribution in [0.3, 0.4) is 0 Å². The Morgan fingerprint density at radius 3 is 2.77 bits per heavy atom. The molecule has 1 aliphatic rings. The first-order valence-electron chi connectivity index (χ1n) is 5.23. The second-order valence-electron chi connectivity index (χ2n) is 3.83. The van der Waals surface area contributed by atoms with Crippen LogP contribution in [-0.4, -0.2) is 23.2 Å². The number of hydrogen-bond donors (Lipinski definition) is 2. The first-order valence-corrected chi connectivity index (χ1v) is 5.23. The average Bonchev–Trinajstić information content (AvgIpc) is 2.53. The molecule has 1 saturated heterocycles. The molecule has 2 atom stereocenters. The summed E-state index contributed by atoms with van der Waals surface area (Å²) in [6, 6.07) is 0.166. The predicted molar refractivity (Wildman–Crippen MR) is 51.7 cm³/mol. The van der Waals surface area contributed by atoms with Gasteiger partial charge in [-0.3, -0.25) is 4.79 Å². The van der Waals surface area contributed by atoms with Gasteiger partial charge in [-0.05, 0) is 19.3 Å². The Morgan fingerprint density at radius 2 is 2.23 bits per heavy atom. The minimum absolute atomic E-state index is 0.286. The summed E-state index contributed by atoms with van der Waals surface area (Å²) in [7, 11) is 0. The van der Waals surface area contributed by atoms with E-state index in [1.54, 1.807) is 0 Å². The van der Waals surface area contributed by atoms with Gasteiger partial charge in [0.2, 0.25) is 0 Å². The predicted octanol–water partition coefficient (Wildman–Crippen LogP) is 1.77. The normalized spacial score (nSPS) is 27.8. The summed E-state index contributed by atoms with van der Waals surface area (Å²) >= 11 is 0. The summed E-state index contributed by atoms with van der Waals surface area (Å²) < 4.78 is 0. The molecule has 3 heteroatoms. The van der Waals surface area contributed by atoms with Gasteiger partial charge in [0.25, 0.3) is 0 Å². The van der Waals surface area contributed by atoms with Crippen molar-refractivity contribution in [3.63, 3.8) is 0 Å². The second kappa shape index (κ2) is 5.22. The minimum Gasteiger partial charge on any atom is -0.480 e. The van der Waals surface area contributed by atoms with Crippen molar-refractivity contribution in [2.75, 3.05) is 0 Å². The van der Waals surface area contributed by atoms with Crippen LogP contribution in [-0.2, 0) is 4.79 Å². The molecular formula is C10H19NO2. The van der Waals surface area contributed by atoms with Crippen LogP contribution in [0, 0.1) is 0 Å². The smallest absolute Gasteiger partial charge is 0.320 e. The van der Waals surface area contributed by atoms with Crippen LogP contribution in [0.4, 0.5) is 0 Å². The standard InChI is InChI=1S/C10H19NO2/c1-2-3-4-5-8-6-7-9(11-8)10(12)13/h8-9,11H,2-7H2,1H3,(H,12,13).